The largest absolute Gasteiger partial charge is 0.311 e. The number of para-hydroxylation sites is 1. The van der Waals surface area contributed by atoms with Gasteiger partial charge in [0.2, 0.25) is 0 Å². The fraction of sp³-hybridized carbons (Fsp3) is 0.200. The Balaban J connectivity index is 1.28. The van der Waals surface area contributed by atoms with Gasteiger partial charge in [0, 0.05) is 28.4 Å². The highest BCUT2D eigenvalue weighted by Gasteiger charge is 2.51. The molecule has 0 amide bonds. The molecule has 0 atom stereocenters. The lowest BCUT2D eigenvalue weighted by molar-refractivity contribution is 0.411. The first kappa shape index (κ1) is 40.4. The van der Waals surface area contributed by atoms with Gasteiger partial charge >= 0.3 is 0 Å². The van der Waals surface area contributed by atoms with Gasteiger partial charge in [-0.3, -0.25) is 0 Å². The van der Waals surface area contributed by atoms with Crippen molar-refractivity contribution < 1.29 is 0 Å². The summed E-state index contributed by atoms with van der Waals surface area (Å²) < 4.78 is 0. The molecule has 0 aliphatic carbocycles. The summed E-state index contributed by atoms with van der Waals surface area (Å²) in [6, 6.07) is 66.1. The van der Waals surface area contributed by atoms with Crippen LogP contribution < -0.4 is 46.9 Å². The van der Waals surface area contributed by atoms with E-state index in [-0.39, 0.29) is 17.5 Å². The fourth-order valence-corrected chi connectivity index (χ4v) is 16.8. The number of benzene rings is 8. The predicted octanol–water partition coefficient (Wildman–Crippen LogP) is 10.9. The first-order valence-electron chi connectivity index (χ1n) is 23.2. The van der Waals surface area contributed by atoms with E-state index in [0.717, 1.165) is 6.42 Å². The highest BCUT2D eigenvalue weighted by Crippen LogP contribution is 2.47. The summed E-state index contributed by atoms with van der Waals surface area (Å²) in [6.45, 7) is 20.9. The molecule has 0 spiro atoms. The Labute approximate surface area is 382 Å². The van der Waals surface area contributed by atoms with Crippen LogP contribution in [0.1, 0.15) is 69.4 Å². The molecule has 0 saturated carbocycles. The van der Waals surface area contributed by atoms with Gasteiger partial charge in [-0.1, -0.05) is 175 Å². The summed E-state index contributed by atoms with van der Waals surface area (Å²) >= 11 is 0. The normalized spacial score (nSPS) is 14.4. The maximum absolute atomic E-state index is 2.80. The van der Waals surface area contributed by atoms with Crippen LogP contribution in [0.2, 0.25) is 0 Å². The third-order valence-corrected chi connectivity index (χ3v) is 19.1. The van der Waals surface area contributed by atoms with Gasteiger partial charge in [-0.2, -0.15) is 0 Å². The maximum Gasteiger partial charge on any atom is 0.252 e. The summed E-state index contributed by atoms with van der Waals surface area (Å²) in [5, 5.41) is 5.80. The van der Waals surface area contributed by atoms with Crippen molar-refractivity contribution in [1.82, 2.24) is 0 Å². The molecule has 0 unspecified atom stereocenters. The number of rotatable bonds is 5. The minimum absolute atomic E-state index is 0.00782. The molecule has 11 rings (SSSR count). The van der Waals surface area contributed by atoms with E-state index in [1.807, 2.05) is 0 Å². The number of nitrogens with zero attached hydrogens (tertiary/aromatic N) is 2. The van der Waals surface area contributed by atoms with Gasteiger partial charge in [0.25, 0.3) is 6.71 Å². The molecule has 3 aliphatic rings. The number of aryl methyl sites for hydroxylation is 3. The minimum atomic E-state index is -2.80. The highest BCUT2D eigenvalue weighted by atomic mass is 28.3. The standard InChI is InChI=1S/C60H57BN2Si/c1-39-33-53-57-54(34-39)63(58-40(2)19-18-20-41(58)3)52-36-48-47-25-16-17-26-55(47)64(45-21-12-10-13-22-45,46-23-14-11-15-24-46)56(48)37-50(52)61(57)49-35-42(38-59(4,5)6)27-32-51(49)62(53)44-30-28-43(29-31-44)60(7,8)9/h10-37H,38H2,1-9H3. The lowest BCUT2D eigenvalue weighted by Gasteiger charge is -2.45. The summed E-state index contributed by atoms with van der Waals surface area (Å²) in [6.07, 6.45) is 1.000. The van der Waals surface area contributed by atoms with E-state index in [2.05, 4.69) is 242 Å². The molecule has 8 aromatic rings. The van der Waals surface area contributed by atoms with Gasteiger partial charge in [0.1, 0.15) is 0 Å². The summed E-state index contributed by atoms with van der Waals surface area (Å²) in [5.74, 6) is 0. The van der Waals surface area contributed by atoms with Crippen LogP contribution in [-0.2, 0) is 11.8 Å². The maximum atomic E-state index is 2.71. The van der Waals surface area contributed by atoms with Gasteiger partial charge < -0.3 is 9.80 Å². The Bertz CT molecular complexity index is 3080. The Hall–Kier alpha value is -6.36. The molecule has 64 heavy (non-hydrogen) atoms. The molecule has 3 aliphatic heterocycles. The van der Waals surface area contributed by atoms with Gasteiger partial charge in [-0.25, -0.2) is 0 Å². The van der Waals surface area contributed by atoms with Gasteiger partial charge in [0.05, 0.1) is 5.69 Å². The third kappa shape index (κ3) is 6.13. The lowest BCUT2D eigenvalue weighted by Crippen LogP contribution is -2.73. The van der Waals surface area contributed by atoms with Crippen molar-refractivity contribution in [3.63, 3.8) is 0 Å². The summed E-state index contributed by atoms with van der Waals surface area (Å²) in [7, 11) is -2.80. The molecule has 0 bridgehead atoms. The Morgan fingerprint density at radius 1 is 0.484 bits per heavy atom. The van der Waals surface area contributed by atoms with Gasteiger partial charge in [-0.15, -0.1) is 0 Å². The average Bonchev–Trinajstić information content (AvgIpc) is 3.56. The molecule has 0 N–H and O–H groups in total. The fourth-order valence-electron chi connectivity index (χ4n) is 11.6. The molecular formula is C60H57BN2Si. The van der Waals surface area contributed by atoms with Crippen molar-refractivity contribution in [3.8, 4) is 11.1 Å². The van der Waals surface area contributed by atoms with Crippen LogP contribution in [0.3, 0.4) is 0 Å². The summed E-state index contributed by atoms with van der Waals surface area (Å²) in [5.41, 5.74) is 21.1. The van der Waals surface area contributed by atoms with E-state index < -0.39 is 8.07 Å². The Morgan fingerprint density at radius 3 is 1.70 bits per heavy atom. The third-order valence-electron chi connectivity index (χ3n) is 14.2. The summed E-state index contributed by atoms with van der Waals surface area (Å²) in [4.78, 5) is 5.23. The minimum Gasteiger partial charge on any atom is -0.311 e. The zero-order chi connectivity index (χ0) is 44.3. The smallest absolute Gasteiger partial charge is 0.252 e. The van der Waals surface area contributed by atoms with Crippen LogP contribution in [0.25, 0.3) is 11.1 Å². The molecule has 0 aromatic heterocycles. The van der Waals surface area contributed by atoms with Gasteiger partial charge in [0.15, 0.2) is 8.07 Å². The first-order valence-corrected chi connectivity index (χ1v) is 25.2. The van der Waals surface area contributed by atoms with Crippen LogP contribution in [0.4, 0.5) is 34.1 Å². The van der Waals surface area contributed by atoms with E-state index in [9.17, 15) is 0 Å². The second kappa shape index (κ2) is 14.6. The van der Waals surface area contributed by atoms with Crippen LogP contribution in [0.15, 0.2) is 170 Å². The SMILES string of the molecule is Cc1cc2c3c(c1)N(c1c(C)cccc1C)c1cc4c(cc1B3c1cc(CC(C)(C)C)ccc1N2c1ccc(C(C)(C)C)cc1)[Si](c1ccccc1)(c1ccccc1)c1ccccc1-4. The monoisotopic (exact) mass is 844 g/mol. The molecule has 0 radical (unpaired) electrons. The van der Waals surface area contributed by atoms with Crippen molar-refractivity contribution in [3.05, 3.63) is 198 Å². The number of anilines is 6. The van der Waals surface area contributed by atoms with E-state index >= 15 is 0 Å². The van der Waals surface area contributed by atoms with Crippen molar-refractivity contribution in [2.45, 2.75) is 74.1 Å². The Kier molecular flexibility index (Phi) is 9.21. The zero-order valence-electron chi connectivity index (χ0n) is 38.8. The van der Waals surface area contributed by atoms with Crippen molar-refractivity contribution >= 4 is 86.0 Å². The van der Waals surface area contributed by atoms with Crippen molar-refractivity contribution in [2.75, 3.05) is 9.80 Å². The lowest BCUT2D eigenvalue weighted by atomic mass is 9.33. The predicted molar refractivity (Wildman–Crippen MR) is 279 cm³/mol. The van der Waals surface area contributed by atoms with E-state index in [1.165, 1.54) is 110 Å². The first-order chi connectivity index (χ1) is 30.7. The van der Waals surface area contributed by atoms with Crippen molar-refractivity contribution in [1.29, 1.82) is 0 Å². The van der Waals surface area contributed by atoms with E-state index in [4.69, 9.17) is 0 Å². The number of hydrogen-bond acceptors (Lipinski definition) is 2. The number of hydrogen-bond donors (Lipinski definition) is 0. The molecule has 314 valence electrons. The Morgan fingerprint density at radius 2 is 1.08 bits per heavy atom. The van der Waals surface area contributed by atoms with E-state index in [1.54, 1.807) is 0 Å². The molecule has 3 heterocycles. The molecule has 0 fully saturated rings. The van der Waals surface area contributed by atoms with E-state index in [0.29, 0.717) is 0 Å². The topological polar surface area (TPSA) is 6.48 Å². The van der Waals surface area contributed by atoms with Crippen molar-refractivity contribution in [2.24, 2.45) is 5.41 Å². The second-order valence-corrected chi connectivity index (χ2v) is 24.7. The van der Waals surface area contributed by atoms with Crippen LogP contribution in [0.5, 0.6) is 0 Å². The molecule has 2 nitrogen and oxygen atoms in total. The van der Waals surface area contributed by atoms with Gasteiger partial charge in [-0.05, 0) is 150 Å². The number of fused-ring (bicyclic) bond motifs is 7. The van der Waals surface area contributed by atoms with Crippen LogP contribution in [0, 0.1) is 26.2 Å². The zero-order valence-corrected chi connectivity index (χ0v) is 39.8. The van der Waals surface area contributed by atoms with Crippen LogP contribution >= 0.6 is 0 Å². The molecule has 4 heteroatoms. The second-order valence-electron chi connectivity index (χ2n) is 21.0. The average molecular weight is 845 g/mol. The molecule has 0 saturated heterocycles. The quantitative estimate of drug-likeness (QED) is 0.159. The van der Waals surface area contributed by atoms with Crippen LogP contribution in [-0.4, -0.2) is 14.8 Å². The highest BCUT2D eigenvalue weighted by molar-refractivity contribution is 7.22. The molecule has 8 aromatic carbocycles. The molecular weight excluding hydrogens is 788 g/mol.